The lowest BCUT2D eigenvalue weighted by molar-refractivity contribution is 0.262. The Kier molecular flexibility index (Phi) is 3.21. The minimum absolute atomic E-state index is 0.681. The Morgan fingerprint density at radius 2 is 2.29 bits per heavy atom. The zero-order valence-electron chi connectivity index (χ0n) is 8.70. The summed E-state index contributed by atoms with van der Waals surface area (Å²) in [5, 5.41) is 0. The van der Waals surface area contributed by atoms with Crippen molar-refractivity contribution in [2.24, 2.45) is 5.73 Å². The number of rotatable bonds is 3. The van der Waals surface area contributed by atoms with Gasteiger partial charge in [-0.2, -0.15) is 0 Å². The molecule has 2 rings (SSSR count). The van der Waals surface area contributed by atoms with Crippen molar-refractivity contribution >= 4 is 11.3 Å². The van der Waals surface area contributed by atoms with Gasteiger partial charge in [-0.15, -0.1) is 11.3 Å². The highest BCUT2D eigenvalue weighted by Crippen LogP contribution is 2.23. The molecular formula is C11H18N2S. The van der Waals surface area contributed by atoms with Crippen molar-refractivity contribution in [3.8, 4) is 0 Å². The standard InChI is InChI=1S/C11H18N2S/c1-9-3-2-6-13(9)8-11-5-4-10(7-12)14-11/h4-5,9H,2-3,6-8,12H2,1H3. The maximum absolute atomic E-state index is 5.60. The van der Waals surface area contributed by atoms with E-state index in [-0.39, 0.29) is 0 Å². The van der Waals surface area contributed by atoms with E-state index >= 15 is 0 Å². The molecule has 2 heterocycles. The second kappa shape index (κ2) is 4.43. The summed E-state index contributed by atoms with van der Waals surface area (Å²) in [6.07, 6.45) is 2.71. The molecular weight excluding hydrogens is 192 g/mol. The fourth-order valence-electron chi connectivity index (χ4n) is 2.04. The molecule has 0 bridgehead atoms. The Bertz CT molecular complexity index is 295. The second-order valence-electron chi connectivity index (χ2n) is 4.03. The molecule has 78 valence electrons. The van der Waals surface area contributed by atoms with Gasteiger partial charge in [0.05, 0.1) is 0 Å². The summed E-state index contributed by atoms with van der Waals surface area (Å²) in [4.78, 5) is 5.32. The van der Waals surface area contributed by atoms with Crippen molar-refractivity contribution in [3.05, 3.63) is 21.9 Å². The van der Waals surface area contributed by atoms with Gasteiger partial charge in [0.25, 0.3) is 0 Å². The second-order valence-corrected chi connectivity index (χ2v) is 5.29. The van der Waals surface area contributed by atoms with Crippen LogP contribution in [0.3, 0.4) is 0 Å². The molecule has 2 N–H and O–H groups in total. The molecule has 0 saturated carbocycles. The van der Waals surface area contributed by atoms with Crippen LogP contribution in [0.2, 0.25) is 0 Å². The topological polar surface area (TPSA) is 29.3 Å². The van der Waals surface area contributed by atoms with E-state index in [0.717, 1.165) is 12.6 Å². The van der Waals surface area contributed by atoms with Gasteiger partial charge in [-0.25, -0.2) is 0 Å². The first kappa shape index (κ1) is 10.1. The van der Waals surface area contributed by atoms with Crippen molar-refractivity contribution in [1.82, 2.24) is 4.90 Å². The molecule has 0 aliphatic carbocycles. The number of nitrogens with zero attached hydrogens (tertiary/aromatic N) is 1. The lowest BCUT2D eigenvalue weighted by Crippen LogP contribution is -2.25. The van der Waals surface area contributed by atoms with Gasteiger partial charge < -0.3 is 5.73 Å². The van der Waals surface area contributed by atoms with Gasteiger partial charge in [-0.1, -0.05) is 0 Å². The third-order valence-electron chi connectivity index (χ3n) is 2.97. The first-order chi connectivity index (χ1) is 6.79. The molecule has 0 aromatic carbocycles. The van der Waals surface area contributed by atoms with Crippen LogP contribution >= 0.6 is 11.3 Å². The van der Waals surface area contributed by atoms with Crippen LogP contribution in [-0.4, -0.2) is 17.5 Å². The van der Waals surface area contributed by atoms with Crippen LogP contribution in [-0.2, 0) is 13.1 Å². The van der Waals surface area contributed by atoms with Gasteiger partial charge in [-0.3, -0.25) is 4.90 Å². The number of hydrogen-bond acceptors (Lipinski definition) is 3. The van der Waals surface area contributed by atoms with Crippen molar-refractivity contribution in [2.45, 2.75) is 38.9 Å². The normalized spacial score (nSPS) is 23.1. The maximum atomic E-state index is 5.60. The summed E-state index contributed by atoms with van der Waals surface area (Å²) < 4.78 is 0. The molecule has 1 unspecified atom stereocenters. The van der Waals surface area contributed by atoms with E-state index in [1.165, 1.54) is 29.1 Å². The van der Waals surface area contributed by atoms with Gasteiger partial charge >= 0.3 is 0 Å². The lowest BCUT2D eigenvalue weighted by Gasteiger charge is -2.19. The molecule has 1 aromatic rings. The third kappa shape index (κ3) is 2.16. The van der Waals surface area contributed by atoms with E-state index in [9.17, 15) is 0 Å². The van der Waals surface area contributed by atoms with Crippen molar-refractivity contribution in [1.29, 1.82) is 0 Å². The zero-order chi connectivity index (χ0) is 9.97. The van der Waals surface area contributed by atoms with Crippen molar-refractivity contribution < 1.29 is 0 Å². The Balaban J connectivity index is 1.96. The SMILES string of the molecule is CC1CCCN1Cc1ccc(CN)s1. The summed E-state index contributed by atoms with van der Waals surface area (Å²) in [6, 6.07) is 5.14. The Hall–Kier alpha value is -0.380. The summed E-state index contributed by atoms with van der Waals surface area (Å²) >= 11 is 1.86. The number of hydrogen-bond donors (Lipinski definition) is 1. The summed E-state index contributed by atoms with van der Waals surface area (Å²) in [5.41, 5.74) is 5.60. The fraction of sp³-hybridized carbons (Fsp3) is 0.636. The van der Waals surface area contributed by atoms with Crippen LogP contribution in [0.1, 0.15) is 29.5 Å². The number of nitrogens with two attached hydrogens (primary N) is 1. The van der Waals surface area contributed by atoms with E-state index < -0.39 is 0 Å². The quantitative estimate of drug-likeness (QED) is 0.828. The van der Waals surface area contributed by atoms with Crippen molar-refractivity contribution in [2.75, 3.05) is 6.54 Å². The predicted octanol–water partition coefficient (Wildman–Crippen LogP) is 2.19. The van der Waals surface area contributed by atoms with E-state index in [4.69, 9.17) is 5.73 Å². The molecule has 3 heteroatoms. The Morgan fingerprint density at radius 1 is 1.50 bits per heavy atom. The molecule has 1 fully saturated rings. The summed E-state index contributed by atoms with van der Waals surface area (Å²) in [5.74, 6) is 0. The van der Waals surface area contributed by atoms with Gasteiger partial charge in [0.2, 0.25) is 0 Å². The zero-order valence-corrected chi connectivity index (χ0v) is 9.52. The molecule has 1 aliphatic heterocycles. The van der Waals surface area contributed by atoms with Crippen LogP contribution in [0.5, 0.6) is 0 Å². The predicted molar refractivity (Wildman–Crippen MR) is 61.3 cm³/mol. The lowest BCUT2D eigenvalue weighted by atomic mass is 10.2. The fourth-order valence-corrected chi connectivity index (χ4v) is 2.97. The molecule has 1 aliphatic rings. The van der Waals surface area contributed by atoms with Crippen LogP contribution in [0.25, 0.3) is 0 Å². The van der Waals surface area contributed by atoms with Crippen LogP contribution in [0.4, 0.5) is 0 Å². The van der Waals surface area contributed by atoms with E-state index in [2.05, 4.69) is 24.0 Å². The van der Waals surface area contributed by atoms with Gasteiger partial charge in [-0.05, 0) is 38.4 Å². The first-order valence-electron chi connectivity index (χ1n) is 5.31. The molecule has 0 radical (unpaired) electrons. The summed E-state index contributed by atoms with van der Waals surface area (Å²) in [6.45, 7) is 5.38. The molecule has 0 spiro atoms. The molecule has 1 atom stereocenters. The first-order valence-corrected chi connectivity index (χ1v) is 6.13. The summed E-state index contributed by atoms with van der Waals surface area (Å²) in [7, 11) is 0. The van der Waals surface area contributed by atoms with Gasteiger partial charge in [0.1, 0.15) is 0 Å². The minimum Gasteiger partial charge on any atom is -0.326 e. The smallest absolute Gasteiger partial charge is 0.0330 e. The molecule has 14 heavy (non-hydrogen) atoms. The molecule has 0 amide bonds. The Morgan fingerprint density at radius 3 is 2.86 bits per heavy atom. The van der Waals surface area contributed by atoms with Gasteiger partial charge in [0.15, 0.2) is 0 Å². The highest BCUT2D eigenvalue weighted by Gasteiger charge is 2.20. The van der Waals surface area contributed by atoms with Crippen LogP contribution in [0, 0.1) is 0 Å². The third-order valence-corrected chi connectivity index (χ3v) is 4.06. The average Bonchev–Trinajstić information content (AvgIpc) is 2.77. The average molecular weight is 210 g/mol. The van der Waals surface area contributed by atoms with Crippen LogP contribution in [0.15, 0.2) is 12.1 Å². The largest absolute Gasteiger partial charge is 0.326 e. The highest BCUT2D eigenvalue weighted by molar-refractivity contribution is 7.11. The number of thiophene rings is 1. The van der Waals surface area contributed by atoms with E-state index in [1.54, 1.807) is 0 Å². The molecule has 2 nitrogen and oxygen atoms in total. The maximum Gasteiger partial charge on any atom is 0.0330 e. The Labute approximate surface area is 89.7 Å². The monoisotopic (exact) mass is 210 g/mol. The van der Waals surface area contributed by atoms with E-state index in [1.807, 2.05) is 11.3 Å². The number of likely N-dealkylation sites (tertiary alicyclic amines) is 1. The van der Waals surface area contributed by atoms with Gasteiger partial charge in [0, 0.05) is 28.9 Å². The molecule has 1 aromatic heterocycles. The van der Waals surface area contributed by atoms with Crippen LogP contribution < -0.4 is 5.73 Å². The minimum atomic E-state index is 0.681. The molecule has 1 saturated heterocycles. The van der Waals surface area contributed by atoms with Crippen molar-refractivity contribution in [3.63, 3.8) is 0 Å². The highest BCUT2D eigenvalue weighted by atomic mass is 32.1. The van der Waals surface area contributed by atoms with E-state index in [0.29, 0.717) is 6.54 Å².